The molecule has 0 fully saturated rings. The van der Waals surface area contributed by atoms with Crippen LogP contribution in [0.2, 0.25) is 0 Å². The molecule has 0 saturated carbocycles. The van der Waals surface area contributed by atoms with Gasteiger partial charge >= 0.3 is 0 Å². The largest absolute Gasteiger partial charge is 0.490 e. The van der Waals surface area contributed by atoms with Crippen molar-refractivity contribution in [1.82, 2.24) is 0 Å². The second-order valence-electron chi connectivity index (χ2n) is 8.46. The monoisotopic (exact) mass is 452 g/mol. The van der Waals surface area contributed by atoms with E-state index in [0.717, 1.165) is 32.0 Å². The normalized spacial score (nSPS) is 22.1. The SMILES string of the molecule is OC(COC1=CC=CC2OC=c3ccccc3=C12)COC1=CC=CC2OC=c3ccccc3=C12. The maximum absolute atomic E-state index is 10.7. The lowest BCUT2D eigenvalue weighted by Gasteiger charge is -2.27. The molecule has 6 rings (SSSR count). The molecule has 0 bridgehead atoms. The predicted molar refractivity (Wildman–Crippen MR) is 129 cm³/mol. The van der Waals surface area contributed by atoms with Crippen molar-refractivity contribution in [3.63, 3.8) is 0 Å². The van der Waals surface area contributed by atoms with E-state index >= 15 is 0 Å². The molecule has 0 spiro atoms. The molecule has 2 aromatic rings. The molecule has 5 nitrogen and oxygen atoms in total. The lowest BCUT2D eigenvalue weighted by molar-refractivity contribution is 0.0220. The first-order chi connectivity index (χ1) is 16.8. The van der Waals surface area contributed by atoms with Gasteiger partial charge in [0.25, 0.3) is 0 Å². The van der Waals surface area contributed by atoms with E-state index in [4.69, 9.17) is 18.9 Å². The molecule has 0 saturated heterocycles. The third-order valence-electron chi connectivity index (χ3n) is 6.21. The van der Waals surface area contributed by atoms with E-state index in [1.165, 1.54) is 0 Å². The Kier molecular flexibility index (Phi) is 5.32. The van der Waals surface area contributed by atoms with Gasteiger partial charge in [-0.05, 0) is 34.7 Å². The van der Waals surface area contributed by atoms with Crippen molar-refractivity contribution in [3.05, 3.63) is 117 Å². The number of aliphatic hydroxyl groups excluding tert-OH is 1. The Morgan fingerprint density at radius 2 is 1.18 bits per heavy atom. The number of rotatable bonds is 6. The Morgan fingerprint density at radius 1 is 0.706 bits per heavy atom. The predicted octanol–water partition coefficient (Wildman–Crippen LogP) is 1.26. The van der Waals surface area contributed by atoms with Crippen molar-refractivity contribution in [3.8, 4) is 0 Å². The molecule has 0 radical (unpaired) electrons. The number of hydrogen-bond acceptors (Lipinski definition) is 5. The summed E-state index contributed by atoms with van der Waals surface area (Å²) in [4.78, 5) is 0. The zero-order valence-corrected chi connectivity index (χ0v) is 18.5. The van der Waals surface area contributed by atoms with Crippen LogP contribution in [0, 0.1) is 0 Å². The van der Waals surface area contributed by atoms with Crippen LogP contribution in [-0.2, 0) is 18.9 Å². The van der Waals surface area contributed by atoms with Crippen LogP contribution in [-0.4, -0.2) is 36.6 Å². The Balaban J connectivity index is 1.17. The topological polar surface area (TPSA) is 57.2 Å². The number of benzene rings is 2. The molecule has 2 aliphatic heterocycles. The van der Waals surface area contributed by atoms with Crippen LogP contribution in [0.5, 0.6) is 0 Å². The molecule has 2 atom stereocenters. The highest BCUT2D eigenvalue weighted by Crippen LogP contribution is 2.27. The molecule has 4 aliphatic rings. The van der Waals surface area contributed by atoms with E-state index in [1.54, 1.807) is 12.5 Å². The first-order valence-corrected chi connectivity index (χ1v) is 11.4. The summed E-state index contributed by atoms with van der Waals surface area (Å²) in [5.74, 6) is 1.40. The van der Waals surface area contributed by atoms with Gasteiger partial charge in [-0.15, -0.1) is 0 Å². The van der Waals surface area contributed by atoms with E-state index in [2.05, 4.69) is 12.1 Å². The van der Waals surface area contributed by atoms with Gasteiger partial charge in [-0.25, -0.2) is 0 Å². The van der Waals surface area contributed by atoms with Crippen molar-refractivity contribution in [1.29, 1.82) is 0 Å². The summed E-state index contributed by atoms with van der Waals surface area (Å²) in [6.45, 7) is 0.203. The molecule has 5 heteroatoms. The van der Waals surface area contributed by atoms with Gasteiger partial charge in [0.1, 0.15) is 43.0 Å². The molecule has 0 amide bonds. The van der Waals surface area contributed by atoms with Gasteiger partial charge in [-0.1, -0.05) is 60.7 Å². The maximum atomic E-state index is 10.7. The first-order valence-electron chi connectivity index (χ1n) is 11.4. The van der Waals surface area contributed by atoms with Crippen molar-refractivity contribution in [2.45, 2.75) is 18.3 Å². The van der Waals surface area contributed by atoms with E-state index < -0.39 is 6.10 Å². The summed E-state index contributed by atoms with van der Waals surface area (Å²) in [5.41, 5.74) is 1.94. The lowest BCUT2D eigenvalue weighted by atomic mass is 9.97. The number of ether oxygens (including phenoxy) is 4. The van der Waals surface area contributed by atoms with Crippen LogP contribution in [0.3, 0.4) is 0 Å². The third-order valence-corrected chi connectivity index (χ3v) is 6.21. The summed E-state index contributed by atoms with van der Waals surface area (Å²) in [6.07, 6.45) is 14.0. The van der Waals surface area contributed by atoms with Gasteiger partial charge in [-0.3, -0.25) is 0 Å². The van der Waals surface area contributed by atoms with Crippen molar-refractivity contribution in [2.24, 2.45) is 0 Å². The molecule has 2 unspecified atom stereocenters. The van der Waals surface area contributed by atoms with Gasteiger partial charge in [0.15, 0.2) is 0 Å². The Morgan fingerprint density at radius 3 is 1.68 bits per heavy atom. The van der Waals surface area contributed by atoms with Crippen molar-refractivity contribution in [2.75, 3.05) is 13.2 Å². The Labute approximate surface area is 196 Å². The highest BCUT2D eigenvalue weighted by atomic mass is 16.5. The van der Waals surface area contributed by atoms with Crippen LogP contribution in [0.15, 0.2) is 96.5 Å². The zero-order chi connectivity index (χ0) is 22.9. The van der Waals surface area contributed by atoms with E-state index in [0.29, 0.717) is 11.5 Å². The summed E-state index contributed by atoms with van der Waals surface area (Å²) >= 11 is 0. The van der Waals surface area contributed by atoms with E-state index in [-0.39, 0.29) is 25.4 Å². The highest BCUT2D eigenvalue weighted by Gasteiger charge is 2.26. The summed E-state index contributed by atoms with van der Waals surface area (Å²) < 4.78 is 23.8. The summed E-state index contributed by atoms with van der Waals surface area (Å²) in [7, 11) is 0. The fourth-order valence-corrected chi connectivity index (χ4v) is 4.59. The Hall–Kier alpha value is -3.96. The van der Waals surface area contributed by atoms with E-state index in [9.17, 15) is 5.11 Å². The molecule has 170 valence electrons. The molecular formula is C29H24O5. The van der Waals surface area contributed by atoms with Crippen molar-refractivity contribution >= 4 is 23.7 Å². The molecular weight excluding hydrogens is 428 g/mol. The number of allylic oxidation sites excluding steroid dienone is 4. The smallest absolute Gasteiger partial charge is 0.146 e. The number of aliphatic hydroxyl groups is 1. The fourth-order valence-electron chi connectivity index (χ4n) is 4.59. The zero-order valence-electron chi connectivity index (χ0n) is 18.5. The van der Waals surface area contributed by atoms with Crippen LogP contribution < -0.4 is 20.9 Å². The maximum Gasteiger partial charge on any atom is 0.146 e. The first kappa shape index (κ1) is 20.6. The summed E-state index contributed by atoms with van der Waals surface area (Å²) in [5, 5.41) is 14.8. The van der Waals surface area contributed by atoms with Crippen LogP contribution in [0.1, 0.15) is 0 Å². The summed E-state index contributed by atoms with van der Waals surface area (Å²) in [6, 6.07) is 16.1. The standard InChI is InChI=1S/C29H24O5/c30-21(17-33-26-13-5-11-24-28(26)22-9-3-1-7-19(22)15-31-24)18-34-27-14-6-12-25-29(27)23-10-4-2-8-20(23)16-32-25/h1-16,21,24-25,30H,17-18H2. The van der Waals surface area contributed by atoms with Gasteiger partial charge in [0.05, 0.1) is 12.5 Å². The second-order valence-corrected chi connectivity index (χ2v) is 8.46. The quantitative estimate of drug-likeness (QED) is 0.716. The number of hydrogen-bond donors (Lipinski definition) is 1. The van der Waals surface area contributed by atoms with Crippen LogP contribution in [0.4, 0.5) is 0 Å². The van der Waals surface area contributed by atoms with Crippen LogP contribution >= 0.6 is 0 Å². The molecule has 34 heavy (non-hydrogen) atoms. The number of fused-ring (bicyclic) bond motifs is 4. The third kappa shape index (κ3) is 3.74. The lowest BCUT2D eigenvalue weighted by Crippen LogP contribution is -2.37. The molecule has 2 aliphatic carbocycles. The average molecular weight is 453 g/mol. The highest BCUT2D eigenvalue weighted by molar-refractivity contribution is 5.72. The molecule has 1 N–H and O–H groups in total. The second kappa shape index (κ2) is 8.76. The minimum absolute atomic E-state index is 0.102. The van der Waals surface area contributed by atoms with Crippen LogP contribution in [0.25, 0.3) is 23.7 Å². The van der Waals surface area contributed by atoms with Gasteiger partial charge < -0.3 is 24.1 Å². The molecule has 2 aromatic carbocycles. The minimum Gasteiger partial charge on any atom is -0.490 e. The van der Waals surface area contributed by atoms with Gasteiger partial charge in [0.2, 0.25) is 0 Å². The van der Waals surface area contributed by atoms with Gasteiger partial charge in [0, 0.05) is 21.6 Å². The molecule has 0 aromatic heterocycles. The average Bonchev–Trinajstić information content (AvgIpc) is 2.90. The van der Waals surface area contributed by atoms with E-state index in [1.807, 2.05) is 72.9 Å². The Bertz CT molecular complexity index is 1380. The fraction of sp³-hybridized carbons (Fsp3) is 0.172. The van der Waals surface area contributed by atoms with Crippen molar-refractivity contribution < 1.29 is 24.1 Å². The molecule has 2 heterocycles. The minimum atomic E-state index is -0.811. The van der Waals surface area contributed by atoms with Gasteiger partial charge in [-0.2, -0.15) is 0 Å².